The van der Waals surface area contributed by atoms with Gasteiger partial charge in [0.15, 0.2) is 0 Å². The van der Waals surface area contributed by atoms with Crippen LogP contribution < -0.4 is 4.74 Å². The van der Waals surface area contributed by atoms with E-state index < -0.39 is 0 Å². The van der Waals surface area contributed by atoms with Gasteiger partial charge in [0.05, 0.1) is 7.11 Å². The van der Waals surface area contributed by atoms with Gasteiger partial charge in [-0.2, -0.15) is 0 Å². The first-order valence-electron chi connectivity index (χ1n) is 7.88. The molecule has 0 fully saturated rings. The number of hydrogen-bond acceptors (Lipinski definition) is 3. The second-order valence-electron chi connectivity index (χ2n) is 5.92. The van der Waals surface area contributed by atoms with E-state index in [4.69, 9.17) is 4.74 Å². The van der Waals surface area contributed by atoms with Crippen LogP contribution in [0.5, 0.6) is 11.5 Å². The van der Waals surface area contributed by atoms with Gasteiger partial charge < -0.3 is 9.84 Å². The van der Waals surface area contributed by atoms with Crippen molar-refractivity contribution in [2.24, 2.45) is 0 Å². The van der Waals surface area contributed by atoms with E-state index in [1.807, 2.05) is 18.2 Å². The first-order chi connectivity index (χ1) is 10.7. The van der Waals surface area contributed by atoms with Crippen LogP contribution in [-0.2, 0) is 25.9 Å². The molecule has 0 aromatic heterocycles. The van der Waals surface area contributed by atoms with E-state index in [2.05, 4.69) is 30.0 Å². The average Bonchev–Trinajstić information content (AvgIpc) is 2.54. The van der Waals surface area contributed by atoms with Crippen LogP contribution in [0.2, 0.25) is 0 Å². The largest absolute Gasteiger partial charge is 0.508 e. The molecule has 0 atom stereocenters. The summed E-state index contributed by atoms with van der Waals surface area (Å²) in [4.78, 5) is 2.45. The number of phenols is 1. The van der Waals surface area contributed by atoms with Gasteiger partial charge in [-0.25, -0.2) is 0 Å². The highest BCUT2D eigenvalue weighted by atomic mass is 16.5. The molecular formula is C19H23NO2. The van der Waals surface area contributed by atoms with E-state index in [0.717, 1.165) is 43.8 Å². The van der Waals surface area contributed by atoms with Gasteiger partial charge in [0, 0.05) is 19.6 Å². The molecule has 2 aromatic carbocycles. The van der Waals surface area contributed by atoms with Gasteiger partial charge in [-0.05, 0) is 53.3 Å². The first kappa shape index (κ1) is 14.9. The molecule has 3 nitrogen and oxygen atoms in total. The Balaban J connectivity index is 1.76. The van der Waals surface area contributed by atoms with Crippen molar-refractivity contribution in [3.05, 3.63) is 58.7 Å². The minimum Gasteiger partial charge on any atom is -0.508 e. The van der Waals surface area contributed by atoms with E-state index in [0.29, 0.717) is 5.75 Å². The van der Waals surface area contributed by atoms with Crippen molar-refractivity contribution in [2.45, 2.75) is 32.9 Å². The van der Waals surface area contributed by atoms with Crippen LogP contribution in [0.4, 0.5) is 0 Å². The van der Waals surface area contributed by atoms with Gasteiger partial charge >= 0.3 is 0 Å². The van der Waals surface area contributed by atoms with Crippen molar-refractivity contribution in [3.8, 4) is 11.5 Å². The summed E-state index contributed by atoms with van der Waals surface area (Å²) in [5.74, 6) is 1.36. The lowest BCUT2D eigenvalue weighted by Crippen LogP contribution is -2.30. The molecule has 1 N–H and O–H groups in total. The number of ether oxygens (including phenoxy) is 1. The summed E-state index contributed by atoms with van der Waals surface area (Å²) in [6.07, 6.45) is 1.87. The van der Waals surface area contributed by atoms with Crippen LogP contribution in [0.3, 0.4) is 0 Å². The summed E-state index contributed by atoms with van der Waals surface area (Å²) in [7, 11) is 1.70. The summed E-state index contributed by atoms with van der Waals surface area (Å²) in [5.41, 5.74) is 4.96. The van der Waals surface area contributed by atoms with Crippen molar-refractivity contribution in [3.63, 3.8) is 0 Å². The number of rotatable bonds is 4. The Bertz CT molecular complexity index is 666. The molecule has 116 valence electrons. The zero-order valence-corrected chi connectivity index (χ0v) is 13.3. The third-order valence-corrected chi connectivity index (χ3v) is 4.41. The van der Waals surface area contributed by atoms with Crippen LogP contribution in [0, 0.1) is 0 Å². The van der Waals surface area contributed by atoms with E-state index in [1.54, 1.807) is 7.11 Å². The summed E-state index contributed by atoms with van der Waals surface area (Å²) in [6.45, 7) is 4.98. The molecule has 0 aliphatic carbocycles. The van der Waals surface area contributed by atoms with Crippen LogP contribution in [0.1, 0.15) is 29.2 Å². The monoisotopic (exact) mass is 297 g/mol. The maximum atomic E-state index is 10.00. The third-order valence-electron chi connectivity index (χ3n) is 4.41. The molecular weight excluding hydrogens is 274 g/mol. The average molecular weight is 297 g/mol. The third kappa shape index (κ3) is 3.09. The predicted molar refractivity (Wildman–Crippen MR) is 88.3 cm³/mol. The van der Waals surface area contributed by atoms with Gasteiger partial charge in [-0.1, -0.05) is 25.1 Å². The van der Waals surface area contributed by atoms with Crippen molar-refractivity contribution in [1.29, 1.82) is 0 Å². The molecule has 0 radical (unpaired) electrons. The molecule has 0 unspecified atom stereocenters. The molecule has 0 saturated heterocycles. The van der Waals surface area contributed by atoms with Crippen LogP contribution in [0.15, 0.2) is 36.4 Å². The van der Waals surface area contributed by atoms with Gasteiger partial charge in [-0.3, -0.25) is 4.90 Å². The molecule has 0 bridgehead atoms. The minimum absolute atomic E-state index is 0.447. The quantitative estimate of drug-likeness (QED) is 0.937. The Kier molecular flexibility index (Phi) is 4.34. The molecule has 0 spiro atoms. The fourth-order valence-corrected chi connectivity index (χ4v) is 3.15. The van der Waals surface area contributed by atoms with Crippen molar-refractivity contribution in [1.82, 2.24) is 4.90 Å². The molecule has 22 heavy (non-hydrogen) atoms. The zero-order chi connectivity index (χ0) is 15.5. The summed E-state index contributed by atoms with van der Waals surface area (Å²) in [5, 5.41) is 10.00. The Hall–Kier alpha value is -2.00. The lowest BCUT2D eigenvalue weighted by Gasteiger charge is -2.29. The van der Waals surface area contributed by atoms with Gasteiger partial charge in [0.1, 0.15) is 11.5 Å². The van der Waals surface area contributed by atoms with E-state index in [1.165, 1.54) is 16.7 Å². The molecule has 1 aliphatic rings. The molecule has 2 aromatic rings. The normalized spacial score (nSPS) is 14.6. The lowest BCUT2D eigenvalue weighted by molar-refractivity contribution is 0.244. The molecule has 1 heterocycles. The van der Waals surface area contributed by atoms with Gasteiger partial charge in [-0.15, -0.1) is 0 Å². The predicted octanol–water partition coefficient (Wildman–Crippen LogP) is 3.52. The van der Waals surface area contributed by atoms with E-state index in [-0.39, 0.29) is 0 Å². The van der Waals surface area contributed by atoms with Gasteiger partial charge in [0.25, 0.3) is 0 Å². The maximum Gasteiger partial charge on any atom is 0.119 e. The molecule has 0 amide bonds. The van der Waals surface area contributed by atoms with E-state index in [9.17, 15) is 5.11 Å². The Morgan fingerprint density at radius 1 is 1.18 bits per heavy atom. The fourth-order valence-electron chi connectivity index (χ4n) is 3.15. The second kappa shape index (κ2) is 6.41. The van der Waals surface area contributed by atoms with Crippen LogP contribution in [0.25, 0.3) is 0 Å². The SMILES string of the molecule is CCc1cc2c(cc1O)CCN(Cc1cccc(OC)c1)C2. The highest BCUT2D eigenvalue weighted by Gasteiger charge is 2.18. The number of fused-ring (bicyclic) bond motifs is 1. The highest BCUT2D eigenvalue weighted by Crippen LogP contribution is 2.28. The molecule has 3 rings (SSSR count). The minimum atomic E-state index is 0.447. The van der Waals surface area contributed by atoms with Crippen molar-refractivity contribution in [2.75, 3.05) is 13.7 Å². The molecule has 1 aliphatic heterocycles. The summed E-state index contributed by atoms with van der Waals surface area (Å²) in [6, 6.07) is 12.4. The Morgan fingerprint density at radius 2 is 2.05 bits per heavy atom. The topological polar surface area (TPSA) is 32.7 Å². The first-order valence-corrected chi connectivity index (χ1v) is 7.88. The van der Waals surface area contributed by atoms with E-state index >= 15 is 0 Å². The number of aromatic hydroxyl groups is 1. The fraction of sp³-hybridized carbons (Fsp3) is 0.368. The zero-order valence-electron chi connectivity index (χ0n) is 13.3. The van der Waals surface area contributed by atoms with Crippen molar-refractivity contribution >= 4 is 0 Å². The number of nitrogens with zero attached hydrogens (tertiary/aromatic N) is 1. The van der Waals surface area contributed by atoms with Gasteiger partial charge in [0.2, 0.25) is 0 Å². The Labute approximate surface area is 132 Å². The number of phenolic OH excluding ortho intramolecular Hbond substituents is 1. The number of hydrogen-bond donors (Lipinski definition) is 1. The highest BCUT2D eigenvalue weighted by molar-refractivity contribution is 5.43. The molecule has 0 saturated carbocycles. The number of methoxy groups -OCH3 is 1. The second-order valence-corrected chi connectivity index (χ2v) is 5.92. The Morgan fingerprint density at radius 3 is 2.82 bits per heavy atom. The molecule has 3 heteroatoms. The van der Waals surface area contributed by atoms with Crippen molar-refractivity contribution < 1.29 is 9.84 Å². The summed E-state index contributed by atoms with van der Waals surface area (Å²) < 4.78 is 5.30. The summed E-state index contributed by atoms with van der Waals surface area (Å²) >= 11 is 0. The number of benzene rings is 2. The lowest BCUT2D eigenvalue weighted by atomic mass is 9.95. The number of aryl methyl sites for hydroxylation is 1. The smallest absolute Gasteiger partial charge is 0.119 e. The maximum absolute atomic E-state index is 10.00. The standard InChI is InChI=1S/C19H23NO2/c1-3-15-10-17-13-20(8-7-16(17)11-19(15)21)12-14-5-4-6-18(9-14)22-2/h4-6,9-11,21H,3,7-8,12-13H2,1-2H3. The van der Waals surface area contributed by atoms with Crippen LogP contribution in [-0.4, -0.2) is 23.7 Å². The van der Waals surface area contributed by atoms with Crippen LogP contribution >= 0.6 is 0 Å².